The molecule has 8 nitrogen and oxygen atoms in total. The van der Waals surface area contributed by atoms with Crippen LogP contribution >= 0.6 is 0 Å². The zero-order valence-electron chi connectivity index (χ0n) is 16.6. The van der Waals surface area contributed by atoms with E-state index >= 15 is 0 Å². The zero-order valence-corrected chi connectivity index (χ0v) is 16.6. The summed E-state index contributed by atoms with van der Waals surface area (Å²) in [4.78, 5) is 37.1. The number of hydrogen-bond acceptors (Lipinski definition) is 6. The highest BCUT2D eigenvalue weighted by molar-refractivity contribution is 6.46. The lowest BCUT2D eigenvalue weighted by molar-refractivity contribution is -0.384. The molecule has 2 aromatic rings. The van der Waals surface area contributed by atoms with Gasteiger partial charge in [0.25, 0.3) is 17.4 Å². The molecule has 0 spiro atoms. The third kappa shape index (κ3) is 4.23. The Bertz CT molecular complexity index is 1070. The number of nitro groups is 1. The number of carbonyl (C=O) groups is 2. The molecule has 8 heteroatoms. The SMILES string of the molecule is C=CCOc1ccc(C(O)=C2C(=O)C(=O)N(CC=C)C2c2ccc([N+](=O)[O-])cc2)cc1. The Morgan fingerprint density at radius 3 is 2.29 bits per heavy atom. The van der Waals surface area contributed by atoms with Gasteiger partial charge in [-0.1, -0.05) is 18.7 Å². The summed E-state index contributed by atoms with van der Waals surface area (Å²) in [6.45, 7) is 7.57. The van der Waals surface area contributed by atoms with Gasteiger partial charge in [-0.15, -0.1) is 6.58 Å². The minimum atomic E-state index is -0.907. The molecule has 0 bridgehead atoms. The van der Waals surface area contributed by atoms with E-state index in [1.807, 2.05) is 0 Å². The van der Waals surface area contributed by atoms with E-state index in [-0.39, 0.29) is 23.6 Å². The molecule has 1 amide bonds. The third-order valence-electron chi connectivity index (χ3n) is 4.78. The molecule has 1 heterocycles. The zero-order chi connectivity index (χ0) is 22.5. The monoisotopic (exact) mass is 420 g/mol. The Morgan fingerprint density at radius 2 is 1.74 bits per heavy atom. The van der Waals surface area contributed by atoms with Crippen LogP contribution in [-0.2, 0) is 9.59 Å². The van der Waals surface area contributed by atoms with Gasteiger partial charge in [-0.2, -0.15) is 0 Å². The smallest absolute Gasteiger partial charge is 0.295 e. The molecule has 1 N–H and O–H groups in total. The molecule has 1 atom stereocenters. The van der Waals surface area contributed by atoms with E-state index in [1.165, 1.54) is 35.2 Å². The molecule has 31 heavy (non-hydrogen) atoms. The highest BCUT2D eigenvalue weighted by atomic mass is 16.6. The van der Waals surface area contributed by atoms with Crippen molar-refractivity contribution in [1.29, 1.82) is 0 Å². The number of Topliss-reactive ketones (excluding diaryl/α,β-unsaturated/α-hetero) is 1. The molecule has 1 fully saturated rings. The minimum Gasteiger partial charge on any atom is -0.507 e. The van der Waals surface area contributed by atoms with Crippen LogP contribution in [0.4, 0.5) is 5.69 Å². The van der Waals surface area contributed by atoms with Crippen molar-refractivity contribution in [1.82, 2.24) is 4.90 Å². The lowest BCUT2D eigenvalue weighted by Gasteiger charge is -2.24. The molecule has 1 saturated heterocycles. The lowest BCUT2D eigenvalue weighted by Crippen LogP contribution is -2.29. The lowest BCUT2D eigenvalue weighted by atomic mass is 9.95. The van der Waals surface area contributed by atoms with E-state index in [9.17, 15) is 24.8 Å². The fourth-order valence-corrected chi connectivity index (χ4v) is 3.35. The Morgan fingerprint density at radius 1 is 1.10 bits per heavy atom. The second kappa shape index (κ2) is 9.08. The summed E-state index contributed by atoms with van der Waals surface area (Å²) in [6.07, 6.45) is 3.06. The van der Waals surface area contributed by atoms with Crippen molar-refractivity contribution in [3.05, 3.63) is 101 Å². The number of carbonyl (C=O) groups excluding carboxylic acids is 2. The van der Waals surface area contributed by atoms with E-state index in [0.717, 1.165) is 0 Å². The van der Waals surface area contributed by atoms with Crippen molar-refractivity contribution >= 4 is 23.1 Å². The summed E-state index contributed by atoms with van der Waals surface area (Å²) in [6, 6.07) is 11.0. The van der Waals surface area contributed by atoms with Crippen molar-refractivity contribution in [2.75, 3.05) is 13.2 Å². The normalized spacial score (nSPS) is 17.4. The average Bonchev–Trinajstić information content (AvgIpc) is 3.03. The second-order valence-electron chi connectivity index (χ2n) is 6.71. The first-order valence-electron chi connectivity index (χ1n) is 9.36. The van der Waals surface area contributed by atoms with Gasteiger partial charge in [0.2, 0.25) is 0 Å². The first kappa shape index (κ1) is 21.5. The summed E-state index contributed by atoms with van der Waals surface area (Å²) in [5.74, 6) is -1.41. The number of aliphatic hydroxyl groups excluding tert-OH is 1. The molecule has 0 saturated carbocycles. The van der Waals surface area contributed by atoms with Crippen LogP contribution in [0.2, 0.25) is 0 Å². The standard InChI is InChI=1S/C23H20N2O6/c1-3-13-24-20(15-5-9-17(10-6-15)25(29)30)19(22(27)23(24)28)21(26)16-7-11-18(12-8-16)31-14-4-2/h3-12,20,26H,1-2,13-14H2. The van der Waals surface area contributed by atoms with E-state index in [1.54, 1.807) is 30.3 Å². The van der Waals surface area contributed by atoms with Crippen molar-refractivity contribution in [2.45, 2.75) is 6.04 Å². The maximum Gasteiger partial charge on any atom is 0.295 e. The number of aliphatic hydroxyl groups is 1. The average molecular weight is 420 g/mol. The molecule has 1 aliphatic heterocycles. The predicted octanol–water partition coefficient (Wildman–Crippen LogP) is 3.77. The van der Waals surface area contributed by atoms with Gasteiger partial charge in [0.1, 0.15) is 18.1 Å². The molecule has 0 radical (unpaired) electrons. The largest absolute Gasteiger partial charge is 0.507 e. The maximum absolute atomic E-state index is 12.8. The molecule has 0 aliphatic carbocycles. The summed E-state index contributed by atoms with van der Waals surface area (Å²) in [5, 5.41) is 21.9. The van der Waals surface area contributed by atoms with E-state index in [4.69, 9.17) is 4.74 Å². The van der Waals surface area contributed by atoms with Crippen molar-refractivity contribution in [3.63, 3.8) is 0 Å². The molecular formula is C23H20N2O6. The number of rotatable bonds is 8. The van der Waals surface area contributed by atoms with Crippen molar-refractivity contribution < 1.29 is 24.4 Å². The van der Waals surface area contributed by atoms with Gasteiger partial charge in [-0.3, -0.25) is 19.7 Å². The molecule has 0 aromatic heterocycles. The van der Waals surface area contributed by atoms with Crippen LogP contribution in [0.5, 0.6) is 5.75 Å². The highest BCUT2D eigenvalue weighted by Gasteiger charge is 2.45. The molecule has 3 rings (SSSR count). The molecule has 1 aliphatic rings. The van der Waals surface area contributed by atoms with Crippen LogP contribution in [0, 0.1) is 10.1 Å². The van der Waals surface area contributed by atoms with E-state index < -0.39 is 22.7 Å². The number of benzene rings is 2. The van der Waals surface area contributed by atoms with Crippen LogP contribution in [0.25, 0.3) is 5.76 Å². The van der Waals surface area contributed by atoms with Gasteiger partial charge in [0.15, 0.2) is 0 Å². The highest BCUT2D eigenvalue weighted by Crippen LogP contribution is 2.39. The Hall–Kier alpha value is -4.20. The summed E-state index contributed by atoms with van der Waals surface area (Å²) in [5.41, 5.74) is 0.564. The number of hydrogen-bond donors (Lipinski definition) is 1. The Balaban J connectivity index is 2.08. The number of nitro benzene ring substituents is 1. The number of likely N-dealkylation sites (tertiary alicyclic amines) is 1. The van der Waals surface area contributed by atoms with Crippen molar-refractivity contribution in [2.24, 2.45) is 0 Å². The summed E-state index contributed by atoms with van der Waals surface area (Å²) in [7, 11) is 0. The fourth-order valence-electron chi connectivity index (χ4n) is 3.35. The number of nitrogens with zero attached hydrogens (tertiary/aromatic N) is 2. The van der Waals surface area contributed by atoms with Crippen LogP contribution < -0.4 is 4.74 Å². The Labute approximate surface area is 178 Å². The van der Waals surface area contributed by atoms with Crippen LogP contribution in [-0.4, -0.2) is 39.8 Å². The van der Waals surface area contributed by atoms with Gasteiger partial charge >= 0.3 is 0 Å². The van der Waals surface area contributed by atoms with Crippen LogP contribution in [0.15, 0.2) is 79.4 Å². The predicted molar refractivity (Wildman–Crippen MR) is 114 cm³/mol. The van der Waals surface area contributed by atoms with Gasteiger partial charge in [-0.25, -0.2) is 0 Å². The number of ether oxygens (including phenoxy) is 1. The minimum absolute atomic E-state index is 0.0668. The van der Waals surface area contributed by atoms with Gasteiger partial charge in [-0.05, 0) is 42.0 Å². The molecule has 2 aromatic carbocycles. The van der Waals surface area contributed by atoms with Gasteiger partial charge in [0, 0.05) is 24.2 Å². The molecule has 158 valence electrons. The van der Waals surface area contributed by atoms with Crippen LogP contribution in [0.3, 0.4) is 0 Å². The van der Waals surface area contributed by atoms with Crippen LogP contribution in [0.1, 0.15) is 17.2 Å². The summed E-state index contributed by atoms with van der Waals surface area (Å²) < 4.78 is 5.41. The first-order valence-corrected chi connectivity index (χ1v) is 9.36. The summed E-state index contributed by atoms with van der Waals surface area (Å²) >= 11 is 0. The fraction of sp³-hybridized carbons (Fsp3) is 0.130. The quantitative estimate of drug-likeness (QED) is 0.174. The van der Waals surface area contributed by atoms with E-state index in [0.29, 0.717) is 23.5 Å². The number of non-ortho nitro benzene ring substituents is 1. The third-order valence-corrected chi connectivity index (χ3v) is 4.78. The molecular weight excluding hydrogens is 400 g/mol. The number of amides is 1. The number of ketones is 1. The second-order valence-corrected chi connectivity index (χ2v) is 6.71. The Kier molecular flexibility index (Phi) is 6.30. The van der Waals surface area contributed by atoms with E-state index in [2.05, 4.69) is 13.2 Å². The van der Waals surface area contributed by atoms with Crippen molar-refractivity contribution in [3.8, 4) is 5.75 Å². The topological polar surface area (TPSA) is 110 Å². The van der Waals surface area contributed by atoms with Gasteiger partial charge in [0.05, 0.1) is 16.5 Å². The molecule has 1 unspecified atom stereocenters. The maximum atomic E-state index is 12.8. The van der Waals surface area contributed by atoms with Gasteiger partial charge < -0.3 is 14.7 Å². The first-order chi connectivity index (χ1) is 14.9.